The van der Waals surface area contributed by atoms with Gasteiger partial charge in [-0.1, -0.05) is 32.0 Å². The number of hydrogen-bond acceptors (Lipinski definition) is 3. The molecular formula is C17H22FNO4. The normalized spacial score (nSPS) is 21.3. The minimum absolute atomic E-state index is 0.122. The second-order valence-corrected chi connectivity index (χ2v) is 6.62. The van der Waals surface area contributed by atoms with Crippen molar-refractivity contribution in [3.63, 3.8) is 0 Å². The number of carboxylic acids is 1. The Bertz CT molecular complexity index is 616. The topological polar surface area (TPSA) is 66.8 Å². The van der Waals surface area contributed by atoms with Gasteiger partial charge in [-0.3, -0.25) is 4.79 Å². The summed E-state index contributed by atoms with van der Waals surface area (Å²) in [6.45, 7) is 3.29. The fourth-order valence-electron chi connectivity index (χ4n) is 2.95. The Morgan fingerprint density at radius 2 is 2.04 bits per heavy atom. The highest BCUT2D eigenvalue weighted by molar-refractivity contribution is 5.85. The fourth-order valence-corrected chi connectivity index (χ4v) is 2.95. The van der Waals surface area contributed by atoms with Crippen LogP contribution in [-0.2, 0) is 16.0 Å². The third kappa shape index (κ3) is 3.46. The van der Waals surface area contributed by atoms with Crippen molar-refractivity contribution in [3.8, 4) is 5.75 Å². The predicted molar refractivity (Wildman–Crippen MR) is 83.2 cm³/mol. The second kappa shape index (κ2) is 6.18. The summed E-state index contributed by atoms with van der Waals surface area (Å²) in [5.74, 6) is -1.06. The minimum atomic E-state index is -2.34. The molecule has 5 nitrogen and oxygen atoms in total. The Kier molecular flexibility index (Phi) is 4.63. The predicted octanol–water partition coefficient (Wildman–Crippen LogP) is 2.29. The molecule has 0 radical (unpaired) electrons. The number of carbonyl (C=O) groups excluding carboxylic acids is 1. The van der Waals surface area contributed by atoms with Crippen LogP contribution >= 0.6 is 0 Å². The van der Waals surface area contributed by atoms with Gasteiger partial charge >= 0.3 is 5.97 Å². The van der Waals surface area contributed by atoms with E-state index in [1.165, 1.54) is 4.90 Å². The molecule has 0 aromatic heterocycles. The molecule has 1 atom stereocenters. The highest BCUT2D eigenvalue weighted by atomic mass is 19.1. The van der Waals surface area contributed by atoms with Crippen molar-refractivity contribution in [1.29, 1.82) is 0 Å². The molecule has 1 N–H and O–H groups in total. The number of carbonyl (C=O) groups is 2. The second-order valence-electron chi connectivity index (χ2n) is 6.62. The molecule has 2 rings (SSSR count). The number of benzene rings is 1. The first-order valence-electron chi connectivity index (χ1n) is 7.53. The first-order valence-corrected chi connectivity index (χ1v) is 7.53. The van der Waals surface area contributed by atoms with E-state index in [2.05, 4.69) is 0 Å². The molecule has 1 fully saturated rings. The highest BCUT2D eigenvalue weighted by Gasteiger charge is 2.48. The van der Waals surface area contributed by atoms with Gasteiger partial charge in [0.2, 0.25) is 11.6 Å². The SMILES string of the molecule is COc1ccccc1CC(C)(C)C(=O)N1CCC(F)(C(=O)O)C1. The maximum absolute atomic E-state index is 14.2. The van der Waals surface area contributed by atoms with E-state index in [1.54, 1.807) is 21.0 Å². The van der Waals surface area contributed by atoms with Crippen molar-refractivity contribution in [2.75, 3.05) is 20.2 Å². The largest absolute Gasteiger partial charge is 0.496 e. The van der Waals surface area contributed by atoms with E-state index in [9.17, 15) is 14.0 Å². The zero-order valence-corrected chi connectivity index (χ0v) is 13.6. The third-order valence-electron chi connectivity index (χ3n) is 4.29. The molecule has 1 amide bonds. The summed E-state index contributed by atoms with van der Waals surface area (Å²) in [5, 5.41) is 8.95. The van der Waals surface area contributed by atoms with Crippen LogP contribution in [0.2, 0.25) is 0 Å². The molecular weight excluding hydrogens is 301 g/mol. The standard InChI is InChI=1S/C17H22FNO4/c1-16(2,10-12-6-4-5-7-13(12)23-3)14(20)19-9-8-17(18,11-19)15(21)22/h4-7H,8-11H2,1-3H3,(H,21,22). The van der Waals surface area contributed by atoms with E-state index >= 15 is 0 Å². The van der Waals surface area contributed by atoms with Crippen LogP contribution in [-0.4, -0.2) is 47.8 Å². The van der Waals surface area contributed by atoms with Gasteiger partial charge in [-0.2, -0.15) is 0 Å². The third-order valence-corrected chi connectivity index (χ3v) is 4.29. The molecule has 1 heterocycles. The van der Waals surface area contributed by atoms with Crippen LogP contribution in [0.3, 0.4) is 0 Å². The van der Waals surface area contributed by atoms with Crippen molar-refractivity contribution in [2.45, 2.75) is 32.4 Å². The monoisotopic (exact) mass is 323 g/mol. The van der Waals surface area contributed by atoms with Crippen LogP contribution in [0.4, 0.5) is 4.39 Å². The van der Waals surface area contributed by atoms with E-state index in [-0.39, 0.29) is 18.9 Å². The van der Waals surface area contributed by atoms with Crippen molar-refractivity contribution in [1.82, 2.24) is 4.90 Å². The summed E-state index contributed by atoms with van der Waals surface area (Å²) < 4.78 is 19.5. The molecule has 126 valence electrons. The van der Waals surface area contributed by atoms with E-state index in [0.29, 0.717) is 12.2 Å². The molecule has 1 aliphatic rings. The lowest BCUT2D eigenvalue weighted by molar-refractivity contribution is -0.150. The molecule has 23 heavy (non-hydrogen) atoms. The summed E-state index contributed by atoms with van der Waals surface area (Å²) in [6, 6.07) is 7.42. The van der Waals surface area contributed by atoms with E-state index in [0.717, 1.165) is 5.56 Å². The molecule has 1 aromatic carbocycles. The summed E-state index contributed by atoms with van der Waals surface area (Å²) in [4.78, 5) is 25.0. The van der Waals surface area contributed by atoms with E-state index < -0.39 is 23.6 Å². The lowest BCUT2D eigenvalue weighted by Crippen LogP contribution is -2.44. The molecule has 0 aliphatic carbocycles. The number of aliphatic carboxylic acids is 1. The van der Waals surface area contributed by atoms with Crippen molar-refractivity contribution >= 4 is 11.9 Å². The first-order chi connectivity index (χ1) is 10.7. The Balaban J connectivity index is 2.13. The highest BCUT2D eigenvalue weighted by Crippen LogP contribution is 2.33. The summed E-state index contributed by atoms with van der Waals surface area (Å²) >= 11 is 0. The Hall–Kier alpha value is -2.11. The number of ether oxygens (including phenoxy) is 1. The molecule has 1 unspecified atom stereocenters. The summed E-state index contributed by atoms with van der Waals surface area (Å²) in [5.41, 5.74) is -2.23. The van der Waals surface area contributed by atoms with Crippen LogP contribution in [0.25, 0.3) is 0 Å². The van der Waals surface area contributed by atoms with Gasteiger partial charge in [0.15, 0.2) is 0 Å². The minimum Gasteiger partial charge on any atom is -0.496 e. The Labute approximate surface area is 135 Å². The first kappa shape index (κ1) is 17.2. The van der Waals surface area contributed by atoms with Crippen LogP contribution in [0.1, 0.15) is 25.8 Å². The maximum atomic E-state index is 14.2. The smallest absolute Gasteiger partial charge is 0.343 e. The van der Waals surface area contributed by atoms with E-state index in [4.69, 9.17) is 9.84 Å². The number of rotatable bonds is 5. The van der Waals surface area contributed by atoms with Gasteiger partial charge in [-0.15, -0.1) is 0 Å². The van der Waals surface area contributed by atoms with Gasteiger partial charge in [0.1, 0.15) is 5.75 Å². The van der Waals surface area contributed by atoms with Crippen LogP contribution < -0.4 is 4.74 Å². The van der Waals surface area contributed by atoms with E-state index in [1.807, 2.05) is 24.3 Å². The fraction of sp³-hybridized carbons (Fsp3) is 0.529. The Morgan fingerprint density at radius 1 is 1.39 bits per heavy atom. The quantitative estimate of drug-likeness (QED) is 0.903. The number of alkyl halides is 1. The molecule has 1 aromatic rings. The number of likely N-dealkylation sites (tertiary alicyclic amines) is 1. The van der Waals surface area contributed by atoms with Gasteiger partial charge in [-0.05, 0) is 18.1 Å². The molecule has 0 bridgehead atoms. The number of nitrogens with zero attached hydrogens (tertiary/aromatic N) is 1. The molecule has 6 heteroatoms. The van der Waals surface area contributed by atoms with Crippen molar-refractivity contribution in [3.05, 3.63) is 29.8 Å². The van der Waals surface area contributed by atoms with Crippen molar-refractivity contribution in [2.24, 2.45) is 5.41 Å². The van der Waals surface area contributed by atoms with Crippen LogP contribution in [0, 0.1) is 5.41 Å². The molecule has 0 saturated carbocycles. The molecule has 1 saturated heterocycles. The van der Waals surface area contributed by atoms with Crippen molar-refractivity contribution < 1.29 is 23.8 Å². The average molecular weight is 323 g/mol. The average Bonchev–Trinajstić information content (AvgIpc) is 2.90. The van der Waals surface area contributed by atoms with Crippen LogP contribution in [0.15, 0.2) is 24.3 Å². The lowest BCUT2D eigenvalue weighted by atomic mass is 9.84. The molecule has 0 spiro atoms. The van der Waals surface area contributed by atoms with Gasteiger partial charge in [0.05, 0.1) is 13.7 Å². The number of halogens is 1. The van der Waals surface area contributed by atoms with Gasteiger partial charge in [0, 0.05) is 18.4 Å². The summed E-state index contributed by atoms with van der Waals surface area (Å²) in [7, 11) is 1.57. The number of methoxy groups -OCH3 is 1. The van der Waals surface area contributed by atoms with Gasteiger partial charge in [0.25, 0.3) is 0 Å². The molecule has 1 aliphatic heterocycles. The lowest BCUT2D eigenvalue weighted by Gasteiger charge is -2.30. The van der Waals surface area contributed by atoms with Crippen LogP contribution in [0.5, 0.6) is 5.75 Å². The number of hydrogen-bond donors (Lipinski definition) is 1. The zero-order valence-electron chi connectivity index (χ0n) is 13.6. The number of para-hydroxylation sites is 1. The van der Waals surface area contributed by atoms with Gasteiger partial charge < -0.3 is 14.7 Å². The zero-order chi connectivity index (χ0) is 17.3. The Morgan fingerprint density at radius 3 is 2.61 bits per heavy atom. The summed E-state index contributed by atoms with van der Waals surface area (Å²) in [6.07, 6.45) is 0.261. The number of carboxylic acid groups (broad SMARTS) is 1. The maximum Gasteiger partial charge on any atom is 0.343 e. The van der Waals surface area contributed by atoms with Gasteiger partial charge in [-0.25, -0.2) is 9.18 Å². The number of amides is 1.